The lowest BCUT2D eigenvalue weighted by Crippen LogP contribution is -2.29. The Morgan fingerprint density at radius 1 is 1.34 bits per heavy atom. The molecule has 150 valence electrons. The number of nitrogens with zero attached hydrogens (tertiary/aromatic N) is 1. The summed E-state index contributed by atoms with van der Waals surface area (Å²) in [5.74, 6) is 0.335. The molecule has 1 N–H and O–H groups in total. The quantitative estimate of drug-likeness (QED) is 0.572. The van der Waals surface area contributed by atoms with Gasteiger partial charge in [-0.05, 0) is 42.1 Å². The Labute approximate surface area is 171 Å². The van der Waals surface area contributed by atoms with Crippen LogP contribution in [0.3, 0.4) is 0 Å². The van der Waals surface area contributed by atoms with Gasteiger partial charge in [0.2, 0.25) is 5.75 Å². The van der Waals surface area contributed by atoms with E-state index < -0.39 is 18.0 Å². The highest BCUT2D eigenvalue weighted by atomic mass is 32.1. The molecule has 1 atom stereocenters. The fourth-order valence-corrected chi connectivity index (χ4v) is 3.27. The van der Waals surface area contributed by atoms with Crippen molar-refractivity contribution in [2.45, 2.75) is 13.0 Å². The Bertz CT molecular complexity index is 974. The predicted molar refractivity (Wildman–Crippen MR) is 106 cm³/mol. The van der Waals surface area contributed by atoms with E-state index in [9.17, 15) is 9.59 Å². The summed E-state index contributed by atoms with van der Waals surface area (Å²) >= 11 is 1.22. The highest BCUT2D eigenvalue weighted by Gasteiger charge is 2.20. The molecule has 0 unspecified atom stereocenters. The van der Waals surface area contributed by atoms with Gasteiger partial charge in [0, 0.05) is 6.08 Å². The highest BCUT2D eigenvalue weighted by Crippen LogP contribution is 2.40. The van der Waals surface area contributed by atoms with Gasteiger partial charge in [0.15, 0.2) is 17.6 Å². The van der Waals surface area contributed by atoms with Crippen molar-refractivity contribution in [2.24, 2.45) is 0 Å². The van der Waals surface area contributed by atoms with E-state index in [-0.39, 0.29) is 0 Å². The molecule has 0 bridgehead atoms. The molecule has 1 aliphatic heterocycles. The van der Waals surface area contributed by atoms with Crippen LogP contribution >= 0.6 is 11.3 Å². The van der Waals surface area contributed by atoms with E-state index in [0.717, 1.165) is 0 Å². The minimum atomic E-state index is -1.03. The zero-order valence-electron chi connectivity index (χ0n) is 15.8. The van der Waals surface area contributed by atoms with Crippen molar-refractivity contribution in [3.63, 3.8) is 0 Å². The second kappa shape index (κ2) is 9.12. The van der Waals surface area contributed by atoms with Crippen LogP contribution in [-0.2, 0) is 14.3 Å². The van der Waals surface area contributed by atoms with Crippen molar-refractivity contribution >= 4 is 34.3 Å². The number of nitriles is 1. The molecule has 8 nitrogen and oxygen atoms in total. The lowest BCUT2D eigenvalue weighted by atomic mass is 10.1. The van der Waals surface area contributed by atoms with Crippen molar-refractivity contribution in [1.29, 1.82) is 5.26 Å². The van der Waals surface area contributed by atoms with E-state index >= 15 is 0 Å². The number of carbonyl (C=O) groups is 2. The number of anilines is 1. The third-order valence-electron chi connectivity index (χ3n) is 3.95. The molecule has 1 aliphatic rings. The zero-order valence-corrected chi connectivity index (χ0v) is 16.6. The van der Waals surface area contributed by atoms with Crippen LogP contribution in [0.4, 0.5) is 5.00 Å². The van der Waals surface area contributed by atoms with Gasteiger partial charge >= 0.3 is 5.97 Å². The molecule has 1 aromatic heterocycles. The van der Waals surface area contributed by atoms with Gasteiger partial charge in [-0.1, -0.05) is 0 Å². The van der Waals surface area contributed by atoms with Gasteiger partial charge in [-0.25, -0.2) is 4.79 Å². The van der Waals surface area contributed by atoms with Crippen LogP contribution in [-0.4, -0.2) is 38.3 Å². The van der Waals surface area contributed by atoms with Crippen molar-refractivity contribution < 1.29 is 28.5 Å². The molecule has 29 heavy (non-hydrogen) atoms. The van der Waals surface area contributed by atoms with Crippen molar-refractivity contribution in [2.75, 3.05) is 25.6 Å². The number of ether oxygens (including phenoxy) is 4. The number of rotatable bonds is 6. The Balaban J connectivity index is 1.62. The van der Waals surface area contributed by atoms with E-state index in [1.54, 1.807) is 23.6 Å². The highest BCUT2D eigenvalue weighted by molar-refractivity contribution is 7.14. The molecule has 9 heteroatoms. The summed E-state index contributed by atoms with van der Waals surface area (Å²) in [7, 11) is 1.51. The average molecular weight is 414 g/mol. The Morgan fingerprint density at radius 3 is 2.90 bits per heavy atom. The molecular weight excluding hydrogens is 396 g/mol. The van der Waals surface area contributed by atoms with Crippen LogP contribution < -0.4 is 19.5 Å². The SMILES string of the molecule is COc1cc(/C=C/C(=O)O[C@H](C)C(=O)Nc2sccc2C#N)cc2c1OCCO2. The second-order valence-electron chi connectivity index (χ2n) is 5.92. The minimum absolute atomic E-state index is 0.356. The van der Waals surface area contributed by atoms with Crippen LogP contribution in [0, 0.1) is 11.3 Å². The molecule has 0 aliphatic carbocycles. The molecule has 2 heterocycles. The van der Waals surface area contributed by atoms with Crippen molar-refractivity contribution in [1.82, 2.24) is 0 Å². The number of benzene rings is 1. The van der Waals surface area contributed by atoms with Crippen LogP contribution in [0.25, 0.3) is 6.08 Å². The molecule has 1 amide bonds. The van der Waals surface area contributed by atoms with Gasteiger partial charge in [0.1, 0.15) is 24.3 Å². The first-order chi connectivity index (χ1) is 14.0. The summed E-state index contributed by atoms with van der Waals surface area (Å²) in [5, 5.41) is 13.7. The van der Waals surface area contributed by atoms with Gasteiger partial charge in [-0.15, -0.1) is 11.3 Å². The number of nitrogens with one attached hydrogen (secondary N) is 1. The number of thiophene rings is 1. The van der Waals surface area contributed by atoms with E-state index in [2.05, 4.69) is 5.32 Å². The number of amides is 1. The minimum Gasteiger partial charge on any atom is -0.493 e. The topological polar surface area (TPSA) is 107 Å². The van der Waals surface area contributed by atoms with Crippen molar-refractivity contribution in [3.8, 4) is 23.3 Å². The Morgan fingerprint density at radius 2 is 2.14 bits per heavy atom. The van der Waals surface area contributed by atoms with Crippen molar-refractivity contribution in [3.05, 3.63) is 40.8 Å². The number of carbonyl (C=O) groups excluding carboxylic acids is 2. The molecule has 1 aromatic carbocycles. The summed E-state index contributed by atoms with van der Waals surface area (Å²) in [6.45, 7) is 2.32. The van der Waals surface area contributed by atoms with Gasteiger partial charge < -0.3 is 24.3 Å². The summed E-state index contributed by atoms with van der Waals surface area (Å²) < 4.78 is 21.5. The molecule has 0 saturated carbocycles. The average Bonchev–Trinajstić information content (AvgIpc) is 3.18. The maximum Gasteiger partial charge on any atom is 0.331 e. The number of fused-ring (bicyclic) bond motifs is 1. The summed E-state index contributed by atoms with van der Waals surface area (Å²) in [6, 6.07) is 7.00. The fourth-order valence-electron chi connectivity index (χ4n) is 2.53. The fraction of sp³-hybridized carbons (Fsp3) is 0.250. The first-order valence-electron chi connectivity index (χ1n) is 8.66. The summed E-state index contributed by atoms with van der Waals surface area (Å²) in [6.07, 6.45) is 1.71. The first kappa shape index (κ1) is 20.2. The standard InChI is InChI=1S/C20H18N2O6S/c1-12(19(24)22-20-14(11-21)5-8-29-20)28-17(23)4-3-13-9-15(25-2)18-16(10-13)26-6-7-27-18/h3-5,8-10,12H,6-7H2,1-2H3,(H,22,24)/b4-3+/t12-/m1/s1. The summed E-state index contributed by atoms with van der Waals surface area (Å²) in [5.41, 5.74) is 1.01. The molecular formula is C20H18N2O6S. The van der Waals surface area contributed by atoms with Crippen LogP contribution in [0.5, 0.6) is 17.2 Å². The van der Waals surface area contributed by atoms with Gasteiger partial charge in [0.05, 0.1) is 12.7 Å². The van der Waals surface area contributed by atoms with Crippen LogP contribution in [0.2, 0.25) is 0 Å². The van der Waals surface area contributed by atoms with E-state index in [1.165, 1.54) is 37.5 Å². The molecule has 0 spiro atoms. The maximum absolute atomic E-state index is 12.2. The third kappa shape index (κ3) is 4.86. The molecule has 2 aromatic rings. The van der Waals surface area contributed by atoms with E-state index in [0.29, 0.717) is 46.6 Å². The molecule has 0 radical (unpaired) electrons. The molecule has 0 saturated heterocycles. The number of hydrogen-bond acceptors (Lipinski definition) is 8. The maximum atomic E-state index is 12.2. The third-order valence-corrected chi connectivity index (χ3v) is 4.78. The van der Waals surface area contributed by atoms with Gasteiger partial charge in [-0.3, -0.25) is 4.79 Å². The van der Waals surface area contributed by atoms with Crippen LogP contribution in [0.1, 0.15) is 18.1 Å². The smallest absolute Gasteiger partial charge is 0.331 e. The number of esters is 1. The Hall–Kier alpha value is -3.51. The second-order valence-corrected chi connectivity index (χ2v) is 6.84. The molecule has 3 rings (SSSR count). The lowest BCUT2D eigenvalue weighted by Gasteiger charge is -2.20. The first-order valence-corrected chi connectivity index (χ1v) is 9.54. The van der Waals surface area contributed by atoms with Crippen LogP contribution in [0.15, 0.2) is 29.7 Å². The lowest BCUT2D eigenvalue weighted by molar-refractivity contribution is -0.148. The Kier molecular flexibility index (Phi) is 6.36. The number of hydrogen-bond donors (Lipinski definition) is 1. The zero-order chi connectivity index (χ0) is 20.8. The van der Waals surface area contributed by atoms with Gasteiger partial charge in [-0.2, -0.15) is 5.26 Å². The monoisotopic (exact) mass is 414 g/mol. The number of methoxy groups -OCH3 is 1. The van der Waals surface area contributed by atoms with E-state index in [1.807, 2.05) is 6.07 Å². The normalized spacial score (nSPS) is 13.4. The van der Waals surface area contributed by atoms with Gasteiger partial charge in [0.25, 0.3) is 5.91 Å². The van der Waals surface area contributed by atoms with E-state index in [4.69, 9.17) is 24.2 Å². The molecule has 0 fully saturated rings. The summed E-state index contributed by atoms with van der Waals surface area (Å²) in [4.78, 5) is 24.2. The predicted octanol–water partition coefficient (Wildman–Crippen LogP) is 2.98. The largest absolute Gasteiger partial charge is 0.493 e.